The zero-order valence-electron chi connectivity index (χ0n) is 16.9. The van der Waals surface area contributed by atoms with E-state index in [-0.39, 0.29) is 12.5 Å². The molecule has 7 nitrogen and oxygen atoms in total. The molecular formula is C22H26N4O3S. The van der Waals surface area contributed by atoms with Gasteiger partial charge in [-0.2, -0.15) is 4.98 Å². The van der Waals surface area contributed by atoms with Crippen LogP contribution in [0.15, 0.2) is 52.4 Å². The summed E-state index contributed by atoms with van der Waals surface area (Å²) in [5, 5.41) is 6.06. The Labute approximate surface area is 180 Å². The smallest absolute Gasteiger partial charge is 0.248 e. The summed E-state index contributed by atoms with van der Waals surface area (Å²) in [6.07, 6.45) is 1.73. The van der Waals surface area contributed by atoms with E-state index in [1.165, 1.54) is 0 Å². The molecule has 0 unspecified atom stereocenters. The van der Waals surface area contributed by atoms with Crippen molar-refractivity contribution in [2.24, 2.45) is 0 Å². The number of carbonyl (C=O) groups excluding carboxylic acids is 1. The summed E-state index contributed by atoms with van der Waals surface area (Å²) < 4.78 is 10.9. The first-order chi connectivity index (χ1) is 14.8. The summed E-state index contributed by atoms with van der Waals surface area (Å²) in [7, 11) is 0. The Bertz CT molecular complexity index is 906. The highest BCUT2D eigenvalue weighted by Gasteiger charge is 2.21. The normalized spacial score (nSPS) is 14.9. The molecule has 1 aliphatic rings. The molecule has 2 aromatic heterocycles. The Morgan fingerprint density at radius 2 is 1.93 bits per heavy atom. The number of ether oxygens (including phenoxy) is 1. The van der Waals surface area contributed by atoms with Gasteiger partial charge in [-0.15, -0.1) is 11.3 Å². The first kappa shape index (κ1) is 20.7. The molecule has 1 saturated heterocycles. The van der Waals surface area contributed by atoms with Crippen molar-refractivity contribution in [2.45, 2.75) is 19.4 Å². The van der Waals surface area contributed by atoms with Crippen LogP contribution < -0.4 is 0 Å². The van der Waals surface area contributed by atoms with E-state index in [1.54, 1.807) is 11.3 Å². The van der Waals surface area contributed by atoms with Gasteiger partial charge in [-0.05, 0) is 30.0 Å². The van der Waals surface area contributed by atoms with Gasteiger partial charge in [-0.25, -0.2) is 0 Å². The van der Waals surface area contributed by atoms with Crippen LogP contribution in [-0.4, -0.2) is 65.2 Å². The van der Waals surface area contributed by atoms with Crippen LogP contribution in [0.3, 0.4) is 0 Å². The molecule has 0 N–H and O–H groups in total. The van der Waals surface area contributed by atoms with Crippen molar-refractivity contribution in [3.05, 3.63) is 59.3 Å². The van der Waals surface area contributed by atoms with Crippen molar-refractivity contribution in [1.82, 2.24) is 19.9 Å². The molecule has 0 saturated carbocycles. The predicted molar refractivity (Wildman–Crippen MR) is 115 cm³/mol. The summed E-state index contributed by atoms with van der Waals surface area (Å²) >= 11 is 1.61. The maximum Gasteiger partial charge on any atom is 0.248 e. The molecule has 1 amide bonds. The van der Waals surface area contributed by atoms with Crippen molar-refractivity contribution in [3.63, 3.8) is 0 Å². The van der Waals surface area contributed by atoms with E-state index < -0.39 is 0 Å². The lowest BCUT2D eigenvalue weighted by Crippen LogP contribution is -2.49. The molecule has 1 aliphatic heterocycles. The Kier molecular flexibility index (Phi) is 7.23. The highest BCUT2D eigenvalue weighted by Crippen LogP contribution is 2.21. The minimum absolute atomic E-state index is 0.0672. The van der Waals surface area contributed by atoms with Crippen LogP contribution in [0.25, 0.3) is 10.7 Å². The fourth-order valence-corrected chi connectivity index (χ4v) is 4.11. The number of benzene rings is 1. The van der Waals surface area contributed by atoms with Gasteiger partial charge in [0, 0.05) is 32.6 Å². The number of rotatable bonds is 9. The van der Waals surface area contributed by atoms with Crippen LogP contribution in [0.5, 0.6) is 0 Å². The van der Waals surface area contributed by atoms with Crippen molar-refractivity contribution < 1.29 is 14.1 Å². The van der Waals surface area contributed by atoms with Gasteiger partial charge in [0.1, 0.15) is 6.61 Å². The topological polar surface area (TPSA) is 71.7 Å². The summed E-state index contributed by atoms with van der Waals surface area (Å²) in [6.45, 7) is 4.83. The second-order valence-corrected chi connectivity index (χ2v) is 8.24. The monoisotopic (exact) mass is 426 g/mol. The molecule has 4 rings (SSSR count). The third-order valence-electron chi connectivity index (χ3n) is 5.14. The van der Waals surface area contributed by atoms with Gasteiger partial charge < -0.3 is 14.2 Å². The average Bonchev–Trinajstić information content (AvgIpc) is 3.47. The highest BCUT2D eigenvalue weighted by atomic mass is 32.1. The average molecular weight is 427 g/mol. The number of hydrogen-bond donors (Lipinski definition) is 0. The fourth-order valence-electron chi connectivity index (χ4n) is 3.46. The second-order valence-electron chi connectivity index (χ2n) is 7.29. The zero-order chi connectivity index (χ0) is 20.6. The quantitative estimate of drug-likeness (QED) is 0.524. The lowest BCUT2D eigenvalue weighted by Gasteiger charge is -2.34. The third kappa shape index (κ3) is 5.75. The first-order valence-corrected chi connectivity index (χ1v) is 11.1. The molecule has 0 bridgehead atoms. The number of amides is 1. The van der Waals surface area contributed by atoms with Gasteiger partial charge in [0.15, 0.2) is 0 Å². The Hall–Kier alpha value is -2.55. The summed E-state index contributed by atoms with van der Waals surface area (Å²) in [6, 6.07) is 13.9. The lowest BCUT2D eigenvalue weighted by molar-refractivity contribution is -0.138. The minimum atomic E-state index is 0.0672. The molecule has 8 heteroatoms. The number of nitrogens with zero attached hydrogens (tertiary/aromatic N) is 4. The van der Waals surface area contributed by atoms with Crippen LogP contribution in [0.1, 0.15) is 17.9 Å². The van der Waals surface area contributed by atoms with Crippen LogP contribution in [0, 0.1) is 0 Å². The fraction of sp³-hybridized carbons (Fsp3) is 0.409. The van der Waals surface area contributed by atoms with Gasteiger partial charge in [0.05, 0.1) is 11.5 Å². The lowest BCUT2D eigenvalue weighted by atomic mass is 10.2. The van der Waals surface area contributed by atoms with Crippen molar-refractivity contribution >= 4 is 17.2 Å². The second kappa shape index (κ2) is 10.5. The van der Waals surface area contributed by atoms with Gasteiger partial charge in [-0.3, -0.25) is 9.69 Å². The number of piperazine rings is 1. The van der Waals surface area contributed by atoms with E-state index in [0.29, 0.717) is 18.3 Å². The van der Waals surface area contributed by atoms with Gasteiger partial charge >= 0.3 is 0 Å². The standard InChI is InChI=1S/C22H26N4O3S/c27-21(17-28-16-18-6-2-1-3-7-18)26-13-11-25(12-14-26)10-4-9-20-23-22(24-29-20)19-8-5-15-30-19/h1-3,5-8,15H,4,9-14,16-17H2. The molecule has 0 spiro atoms. The SMILES string of the molecule is O=C(COCc1ccccc1)N1CCN(CCCc2nc(-c3cccs3)no2)CC1. The first-order valence-electron chi connectivity index (χ1n) is 10.3. The van der Waals surface area contributed by atoms with Gasteiger partial charge in [0.25, 0.3) is 0 Å². The zero-order valence-corrected chi connectivity index (χ0v) is 17.7. The largest absolute Gasteiger partial charge is 0.367 e. The van der Waals surface area contributed by atoms with Gasteiger partial charge in [0.2, 0.25) is 17.6 Å². The Balaban J connectivity index is 1.11. The number of carbonyl (C=O) groups is 1. The van der Waals surface area contributed by atoms with E-state index in [4.69, 9.17) is 9.26 Å². The van der Waals surface area contributed by atoms with Crippen molar-refractivity contribution in [2.75, 3.05) is 39.3 Å². The van der Waals surface area contributed by atoms with Crippen LogP contribution >= 0.6 is 11.3 Å². The number of thiophene rings is 1. The number of hydrogen-bond acceptors (Lipinski definition) is 7. The van der Waals surface area contributed by atoms with E-state index in [9.17, 15) is 4.79 Å². The molecule has 1 aromatic carbocycles. The van der Waals surface area contributed by atoms with E-state index in [2.05, 4.69) is 15.0 Å². The van der Waals surface area contributed by atoms with Crippen molar-refractivity contribution in [1.29, 1.82) is 0 Å². The molecule has 0 radical (unpaired) electrons. The van der Waals surface area contributed by atoms with Crippen LogP contribution in [0.2, 0.25) is 0 Å². The van der Waals surface area contributed by atoms with Crippen molar-refractivity contribution in [3.8, 4) is 10.7 Å². The highest BCUT2D eigenvalue weighted by molar-refractivity contribution is 7.13. The molecule has 0 aliphatic carbocycles. The number of aryl methyl sites for hydroxylation is 1. The maximum absolute atomic E-state index is 12.3. The van der Waals surface area contributed by atoms with Crippen LogP contribution in [-0.2, 0) is 22.6 Å². The molecule has 3 heterocycles. The van der Waals surface area contributed by atoms with E-state index in [0.717, 1.165) is 56.0 Å². The summed E-state index contributed by atoms with van der Waals surface area (Å²) in [4.78, 5) is 22.1. The van der Waals surface area contributed by atoms with E-state index in [1.807, 2.05) is 52.7 Å². The Morgan fingerprint density at radius 1 is 1.10 bits per heavy atom. The number of aromatic nitrogens is 2. The molecule has 0 atom stereocenters. The third-order valence-corrected chi connectivity index (χ3v) is 6.00. The Morgan fingerprint density at radius 3 is 2.70 bits per heavy atom. The molecule has 158 valence electrons. The molecule has 3 aromatic rings. The molecular weight excluding hydrogens is 400 g/mol. The summed E-state index contributed by atoms with van der Waals surface area (Å²) in [5.74, 6) is 1.42. The molecule has 30 heavy (non-hydrogen) atoms. The van der Waals surface area contributed by atoms with Crippen LogP contribution in [0.4, 0.5) is 0 Å². The summed E-state index contributed by atoms with van der Waals surface area (Å²) in [5.41, 5.74) is 1.08. The van der Waals surface area contributed by atoms with E-state index >= 15 is 0 Å². The maximum atomic E-state index is 12.3. The minimum Gasteiger partial charge on any atom is -0.367 e. The predicted octanol–water partition coefficient (Wildman–Crippen LogP) is 3.09. The molecule has 1 fully saturated rings. The van der Waals surface area contributed by atoms with Gasteiger partial charge in [-0.1, -0.05) is 41.6 Å².